The van der Waals surface area contributed by atoms with Gasteiger partial charge in [-0.2, -0.15) is 0 Å². The minimum absolute atomic E-state index is 0.0128. The second kappa shape index (κ2) is 7.85. The summed E-state index contributed by atoms with van der Waals surface area (Å²) < 4.78 is 5.09. The first kappa shape index (κ1) is 16.4. The summed E-state index contributed by atoms with van der Waals surface area (Å²) in [6.45, 7) is 4.76. The maximum atomic E-state index is 11.8. The normalized spacial score (nSPS) is 11.2. The van der Waals surface area contributed by atoms with Gasteiger partial charge in [-0.3, -0.25) is 9.78 Å². The fraction of sp³-hybridized carbons (Fsp3) is 0.600. The molecule has 0 saturated heterocycles. The number of pyridine rings is 1. The molecule has 5 nitrogen and oxygen atoms in total. The monoisotopic (exact) mass is 280 g/mol. The maximum Gasteiger partial charge on any atom is 0.220 e. The van der Waals surface area contributed by atoms with E-state index in [1.165, 1.54) is 0 Å². The average Bonchev–Trinajstić information content (AvgIpc) is 2.43. The first-order valence-electron chi connectivity index (χ1n) is 6.82. The molecule has 1 amide bonds. The molecule has 0 unspecified atom stereocenters. The average molecular weight is 280 g/mol. The smallest absolute Gasteiger partial charge is 0.220 e. The molecule has 0 aliphatic carbocycles. The predicted octanol–water partition coefficient (Wildman–Crippen LogP) is 1.55. The molecule has 0 saturated carbocycles. The van der Waals surface area contributed by atoms with Gasteiger partial charge in [0.2, 0.25) is 5.91 Å². The zero-order chi connectivity index (χ0) is 15.0. The molecule has 112 valence electrons. The van der Waals surface area contributed by atoms with Crippen LogP contribution in [0.1, 0.15) is 32.3 Å². The lowest BCUT2D eigenvalue weighted by atomic mass is 9.90. The topological polar surface area (TPSA) is 71.5 Å². The van der Waals surface area contributed by atoms with Crippen molar-refractivity contribution in [2.45, 2.75) is 33.1 Å². The molecular formula is C15H24N2O3. The van der Waals surface area contributed by atoms with Crippen molar-refractivity contribution < 1.29 is 14.6 Å². The van der Waals surface area contributed by atoms with E-state index in [0.29, 0.717) is 31.6 Å². The van der Waals surface area contributed by atoms with Gasteiger partial charge in [-0.15, -0.1) is 0 Å². The number of nitrogens with zero attached hydrogens (tertiary/aromatic N) is 1. The van der Waals surface area contributed by atoms with Crippen LogP contribution < -0.4 is 10.1 Å². The number of carbonyl (C=O) groups is 1. The van der Waals surface area contributed by atoms with Crippen molar-refractivity contribution in [1.82, 2.24) is 10.3 Å². The van der Waals surface area contributed by atoms with E-state index in [-0.39, 0.29) is 17.9 Å². The van der Waals surface area contributed by atoms with Crippen LogP contribution in [0, 0.1) is 5.41 Å². The van der Waals surface area contributed by atoms with Crippen LogP contribution in [-0.4, -0.2) is 36.3 Å². The lowest BCUT2D eigenvalue weighted by molar-refractivity contribution is -0.121. The van der Waals surface area contributed by atoms with E-state index in [0.717, 1.165) is 5.56 Å². The van der Waals surface area contributed by atoms with Gasteiger partial charge in [-0.05, 0) is 29.9 Å². The Bertz CT molecular complexity index is 433. The van der Waals surface area contributed by atoms with Gasteiger partial charge in [0, 0.05) is 25.8 Å². The minimum atomic E-state index is -0.0814. The number of hydrogen-bond donors (Lipinski definition) is 2. The number of methoxy groups -OCH3 is 1. The SMILES string of the molecule is COc1cncc(CCC(=O)NCC(C)(C)CCO)c1. The third kappa shape index (κ3) is 6.02. The van der Waals surface area contributed by atoms with Crippen LogP contribution in [0.2, 0.25) is 0 Å². The van der Waals surface area contributed by atoms with Crippen LogP contribution in [0.4, 0.5) is 0 Å². The highest BCUT2D eigenvalue weighted by molar-refractivity contribution is 5.76. The van der Waals surface area contributed by atoms with E-state index in [1.54, 1.807) is 19.5 Å². The van der Waals surface area contributed by atoms with Crippen molar-refractivity contribution in [2.24, 2.45) is 5.41 Å². The first-order chi connectivity index (χ1) is 9.46. The number of aliphatic hydroxyl groups is 1. The zero-order valence-corrected chi connectivity index (χ0v) is 12.5. The summed E-state index contributed by atoms with van der Waals surface area (Å²) >= 11 is 0. The number of carbonyl (C=O) groups excluding carboxylic acids is 1. The summed E-state index contributed by atoms with van der Waals surface area (Å²) in [7, 11) is 1.59. The number of aromatic nitrogens is 1. The molecule has 1 rings (SSSR count). The Hall–Kier alpha value is -1.62. The molecule has 0 aliphatic rings. The van der Waals surface area contributed by atoms with Crippen LogP contribution in [0.15, 0.2) is 18.5 Å². The van der Waals surface area contributed by atoms with E-state index >= 15 is 0 Å². The number of hydrogen-bond acceptors (Lipinski definition) is 4. The van der Waals surface area contributed by atoms with Gasteiger partial charge < -0.3 is 15.2 Å². The first-order valence-corrected chi connectivity index (χ1v) is 6.82. The number of rotatable bonds is 8. The fourth-order valence-electron chi connectivity index (χ4n) is 1.79. The molecule has 0 radical (unpaired) electrons. The van der Waals surface area contributed by atoms with Crippen LogP contribution in [0.5, 0.6) is 5.75 Å². The Morgan fingerprint density at radius 1 is 1.45 bits per heavy atom. The summed E-state index contributed by atoms with van der Waals surface area (Å²) in [5, 5.41) is 11.8. The Balaban J connectivity index is 2.36. The van der Waals surface area contributed by atoms with Crippen molar-refractivity contribution in [2.75, 3.05) is 20.3 Å². The number of aryl methyl sites for hydroxylation is 1. The summed E-state index contributed by atoms with van der Waals surface area (Å²) in [6, 6.07) is 1.88. The summed E-state index contributed by atoms with van der Waals surface area (Å²) in [5.41, 5.74) is 0.899. The molecule has 1 heterocycles. The van der Waals surface area contributed by atoms with Gasteiger partial charge in [0.15, 0.2) is 0 Å². The molecule has 0 spiro atoms. The number of aliphatic hydroxyl groups excluding tert-OH is 1. The molecule has 5 heteroatoms. The van der Waals surface area contributed by atoms with E-state index in [9.17, 15) is 4.79 Å². The highest BCUT2D eigenvalue weighted by Gasteiger charge is 2.17. The molecule has 0 bridgehead atoms. The minimum Gasteiger partial charge on any atom is -0.495 e. The van der Waals surface area contributed by atoms with E-state index in [4.69, 9.17) is 9.84 Å². The molecule has 2 N–H and O–H groups in total. The summed E-state index contributed by atoms with van der Waals surface area (Å²) in [6.07, 6.45) is 5.11. The Labute approximate surface area is 120 Å². The van der Waals surface area contributed by atoms with Gasteiger partial charge in [0.05, 0.1) is 13.3 Å². The molecule has 0 aromatic carbocycles. The third-order valence-corrected chi connectivity index (χ3v) is 3.20. The van der Waals surface area contributed by atoms with Crippen molar-refractivity contribution in [3.8, 4) is 5.75 Å². The van der Waals surface area contributed by atoms with Crippen LogP contribution in [0.3, 0.4) is 0 Å². The van der Waals surface area contributed by atoms with Crippen molar-refractivity contribution in [3.05, 3.63) is 24.0 Å². The Morgan fingerprint density at radius 3 is 2.85 bits per heavy atom. The number of amides is 1. The van der Waals surface area contributed by atoms with E-state index < -0.39 is 0 Å². The third-order valence-electron chi connectivity index (χ3n) is 3.20. The Morgan fingerprint density at radius 2 is 2.20 bits per heavy atom. The van der Waals surface area contributed by atoms with Gasteiger partial charge in [-0.1, -0.05) is 13.8 Å². The molecular weight excluding hydrogens is 256 g/mol. The maximum absolute atomic E-state index is 11.8. The van der Waals surface area contributed by atoms with Gasteiger partial charge >= 0.3 is 0 Å². The standard InChI is InChI=1S/C15H24N2O3/c1-15(2,6-7-18)11-17-14(19)5-4-12-8-13(20-3)10-16-9-12/h8-10,18H,4-7,11H2,1-3H3,(H,17,19). The van der Waals surface area contributed by atoms with Crippen LogP contribution >= 0.6 is 0 Å². The highest BCUT2D eigenvalue weighted by atomic mass is 16.5. The number of ether oxygens (including phenoxy) is 1. The van der Waals surface area contributed by atoms with Crippen molar-refractivity contribution in [1.29, 1.82) is 0 Å². The zero-order valence-electron chi connectivity index (χ0n) is 12.5. The van der Waals surface area contributed by atoms with E-state index in [1.807, 2.05) is 19.9 Å². The van der Waals surface area contributed by atoms with E-state index in [2.05, 4.69) is 10.3 Å². The molecule has 20 heavy (non-hydrogen) atoms. The fourth-order valence-corrected chi connectivity index (χ4v) is 1.79. The molecule has 0 atom stereocenters. The van der Waals surface area contributed by atoms with Crippen molar-refractivity contribution >= 4 is 5.91 Å². The second-order valence-electron chi connectivity index (χ2n) is 5.65. The highest BCUT2D eigenvalue weighted by Crippen LogP contribution is 2.18. The second-order valence-corrected chi connectivity index (χ2v) is 5.65. The largest absolute Gasteiger partial charge is 0.495 e. The van der Waals surface area contributed by atoms with Gasteiger partial charge in [0.25, 0.3) is 0 Å². The van der Waals surface area contributed by atoms with Crippen molar-refractivity contribution in [3.63, 3.8) is 0 Å². The molecule has 0 aliphatic heterocycles. The lowest BCUT2D eigenvalue weighted by Crippen LogP contribution is -2.34. The van der Waals surface area contributed by atoms with Gasteiger partial charge in [-0.25, -0.2) is 0 Å². The molecule has 1 aromatic heterocycles. The van der Waals surface area contributed by atoms with Crippen LogP contribution in [0.25, 0.3) is 0 Å². The number of nitrogens with one attached hydrogen (secondary N) is 1. The molecule has 0 fully saturated rings. The predicted molar refractivity (Wildman–Crippen MR) is 77.6 cm³/mol. The Kier molecular flexibility index (Phi) is 6.45. The van der Waals surface area contributed by atoms with Gasteiger partial charge in [0.1, 0.15) is 5.75 Å². The quantitative estimate of drug-likeness (QED) is 0.758. The molecule has 1 aromatic rings. The summed E-state index contributed by atoms with van der Waals surface area (Å²) in [4.78, 5) is 15.9. The summed E-state index contributed by atoms with van der Waals surface area (Å²) in [5.74, 6) is 0.714. The lowest BCUT2D eigenvalue weighted by Gasteiger charge is -2.23. The van der Waals surface area contributed by atoms with Crippen LogP contribution in [-0.2, 0) is 11.2 Å².